The highest BCUT2D eigenvalue weighted by Gasteiger charge is 2.16. The first kappa shape index (κ1) is 21.5. The number of nitrogens with zero attached hydrogens (tertiary/aromatic N) is 5. The van der Waals surface area contributed by atoms with Crippen molar-refractivity contribution in [3.8, 4) is 17.1 Å². The lowest BCUT2D eigenvalue weighted by Gasteiger charge is -2.01. The first-order valence-corrected chi connectivity index (χ1v) is 11.5. The Morgan fingerprint density at radius 2 is 1.81 bits per heavy atom. The first-order chi connectivity index (χ1) is 17.7. The summed E-state index contributed by atoms with van der Waals surface area (Å²) < 4.78 is 9.74. The van der Waals surface area contributed by atoms with Gasteiger partial charge in [-0.2, -0.15) is 10.2 Å². The van der Waals surface area contributed by atoms with Crippen molar-refractivity contribution in [1.82, 2.24) is 24.8 Å². The second kappa shape index (κ2) is 8.99. The third-order valence-corrected chi connectivity index (χ3v) is 6.01. The van der Waals surface area contributed by atoms with Crippen LogP contribution < -0.4 is 5.43 Å². The maximum absolute atomic E-state index is 12.6. The number of carbonyl (C=O) groups excluding carboxylic acids is 1. The van der Waals surface area contributed by atoms with E-state index in [9.17, 15) is 4.79 Å². The number of para-hydroxylation sites is 4. The Morgan fingerprint density at radius 1 is 1.03 bits per heavy atom. The third-order valence-electron chi connectivity index (χ3n) is 6.01. The Morgan fingerprint density at radius 3 is 2.64 bits per heavy atom. The van der Waals surface area contributed by atoms with Crippen LogP contribution in [0.4, 0.5) is 0 Å². The zero-order valence-electron chi connectivity index (χ0n) is 19.5. The molecule has 3 aromatic heterocycles. The van der Waals surface area contributed by atoms with Crippen LogP contribution in [0.1, 0.15) is 11.4 Å². The average Bonchev–Trinajstić information content (AvgIpc) is 3.60. The normalized spacial score (nSPS) is 11.6. The predicted molar refractivity (Wildman–Crippen MR) is 139 cm³/mol. The van der Waals surface area contributed by atoms with Crippen molar-refractivity contribution >= 4 is 34.1 Å². The molecule has 8 nitrogen and oxygen atoms in total. The molecule has 1 amide bonds. The van der Waals surface area contributed by atoms with Crippen LogP contribution in [0.25, 0.3) is 39.1 Å². The molecule has 0 aliphatic carbocycles. The van der Waals surface area contributed by atoms with E-state index >= 15 is 0 Å². The monoisotopic (exact) mass is 474 g/mol. The van der Waals surface area contributed by atoms with E-state index in [0.717, 1.165) is 27.7 Å². The van der Waals surface area contributed by atoms with Gasteiger partial charge in [0.15, 0.2) is 5.76 Å². The molecule has 0 saturated heterocycles. The number of benzene rings is 3. The van der Waals surface area contributed by atoms with Crippen molar-refractivity contribution < 1.29 is 9.21 Å². The molecule has 6 rings (SSSR count). The van der Waals surface area contributed by atoms with E-state index < -0.39 is 0 Å². The molecule has 36 heavy (non-hydrogen) atoms. The summed E-state index contributed by atoms with van der Waals surface area (Å²) >= 11 is 0. The summed E-state index contributed by atoms with van der Waals surface area (Å²) in [7, 11) is 1.90. The van der Waals surface area contributed by atoms with Gasteiger partial charge in [-0.25, -0.2) is 15.1 Å². The van der Waals surface area contributed by atoms with Crippen LogP contribution in [-0.4, -0.2) is 31.5 Å². The molecule has 3 aromatic carbocycles. The van der Waals surface area contributed by atoms with E-state index in [1.54, 1.807) is 10.9 Å². The minimum Gasteiger partial charge on any atom is -0.454 e. The number of amides is 1. The highest BCUT2D eigenvalue weighted by Crippen LogP contribution is 2.29. The molecule has 0 aliphatic rings. The predicted octanol–water partition coefficient (Wildman–Crippen LogP) is 4.87. The minimum atomic E-state index is -0.259. The summed E-state index contributed by atoms with van der Waals surface area (Å²) in [5.74, 6) is 1.03. The van der Waals surface area contributed by atoms with Crippen LogP contribution in [0, 0.1) is 0 Å². The van der Waals surface area contributed by atoms with Crippen LogP contribution in [-0.2, 0) is 18.3 Å². The molecule has 6 aromatic rings. The fraction of sp³-hybridized carbons (Fsp3) is 0.0714. The number of fused-ring (bicyclic) bond motifs is 2. The number of carbonyl (C=O) groups is 1. The van der Waals surface area contributed by atoms with Gasteiger partial charge in [0.2, 0.25) is 5.91 Å². The van der Waals surface area contributed by atoms with Crippen LogP contribution in [0.15, 0.2) is 101 Å². The van der Waals surface area contributed by atoms with Gasteiger partial charge in [0, 0.05) is 24.2 Å². The van der Waals surface area contributed by atoms with Gasteiger partial charge in [0.25, 0.3) is 0 Å². The lowest BCUT2D eigenvalue weighted by atomic mass is 10.2. The van der Waals surface area contributed by atoms with Gasteiger partial charge in [0.05, 0.1) is 29.4 Å². The smallest absolute Gasteiger partial charge is 0.247 e. The number of nitrogens with one attached hydrogen (secondary N) is 1. The quantitative estimate of drug-likeness (QED) is 0.276. The summed E-state index contributed by atoms with van der Waals surface area (Å²) in [5.41, 5.74) is 7.47. The van der Waals surface area contributed by atoms with Gasteiger partial charge < -0.3 is 8.98 Å². The number of hydrogen-bond donors (Lipinski definition) is 1. The fourth-order valence-corrected chi connectivity index (χ4v) is 4.20. The Balaban J connectivity index is 1.27. The maximum atomic E-state index is 12.6. The van der Waals surface area contributed by atoms with Gasteiger partial charge >= 0.3 is 0 Å². The highest BCUT2D eigenvalue weighted by molar-refractivity contribution is 5.91. The molecule has 1 N–H and O–H groups in total. The Bertz CT molecular complexity index is 1690. The summed E-state index contributed by atoms with van der Waals surface area (Å²) in [6.45, 7) is 0. The standard InChI is InChI=1S/C28H22N6O2/c1-33-23-13-7-6-12-22(23)30-26(33)16-27(35)31-29-17-20-18-34(21-10-3-2-4-11-21)32-28(20)25-15-19-9-5-8-14-24(19)36-25/h2-15,17-18H,16H2,1H3,(H,31,35). The Hall–Kier alpha value is -4.98. The summed E-state index contributed by atoms with van der Waals surface area (Å²) in [6.07, 6.45) is 3.56. The fourth-order valence-electron chi connectivity index (χ4n) is 4.20. The molecule has 8 heteroatoms. The molecule has 0 spiro atoms. The molecular formula is C28H22N6O2. The molecule has 0 fully saturated rings. The van der Waals surface area contributed by atoms with Crippen LogP contribution >= 0.6 is 0 Å². The number of imidazole rings is 1. The topological polar surface area (TPSA) is 90.2 Å². The summed E-state index contributed by atoms with van der Waals surface area (Å²) in [4.78, 5) is 17.2. The zero-order chi connectivity index (χ0) is 24.5. The van der Waals surface area contributed by atoms with E-state index in [1.165, 1.54) is 0 Å². The van der Waals surface area contributed by atoms with Crippen molar-refractivity contribution in [1.29, 1.82) is 0 Å². The zero-order valence-corrected chi connectivity index (χ0v) is 19.5. The van der Waals surface area contributed by atoms with E-state index in [4.69, 9.17) is 9.52 Å². The average molecular weight is 475 g/mol. The lowest BCUT2D eigenvalue weighted by Crippen LogP contribution is -2.21. The second-order valence-electron chi connectivity index (χ2n) is 8.41. The molecular weight excluding hydrogens is 452 g/mol. The maximum Gasteiger partial charge on any atom is 0.247 e. The molecule has 0 aliphatic heterocycles. The Labute approximate surface area is 206 Å². The molecule has 3 heterocycles. The van der Waals surface area contributed by atoms with Crippen molar-refractivity contribution in [2.24, 2.45) is 12.1 Å². The van der Waals surface area contributed by atoms with Gasteiger partial charge in [0.1, 0.15) is 17.1 Å². The van der Waals surface area contributed by atoms with E-state index in [0.29, 0.717) is 22.8 Å². The number of furan rings is 1. The van der Waals surface area contributed by atoms with Gasteiger partial charge in [-0.3, -0.25) is 4.79 Å². The van der Waals surface area contributed by atoms with Crippen molar-refractivity contribution in [2.45, 2.75) is 6.42 Å². The SMILES string of the molecule is Cn1c(CC(=O)NN=Cc2cn(-c3ccccc3)nc2-c2cc3ccccc3o2)nc2ccccc21. The summed E-state index contributed by atoms with van der Waals surface area (Å²) in [6, 6.07) is 27.3. The molecule has 0 saturated carbocycles. The van der Waals surface area contributed by atoms with E-state index in [1.807, 2.05) is 103 Å². The molecule has 0 unspecified atom stereocenters. The second-order valence-corrected chi connectivity index (χ2v) is 8.41. The van der Waals surface area contributed by atoms with E-state index in [2.05, 4.69) is 15.5 Å². The lowest BCUT2D eigenvalue weighted by molar-refractivity contribution is -0.120. The number of hydrogen-bond acceptors (Lipinski definition) is 5. The van der Waals surface area contributed by atoms with Crippen molar-refractivity contribution in [3.05, 3.63) is 103 Å². The van der Waals surface area contributed by atoms with Gasteiger partial charge in [-0.1, -0.05) is 48.5 Å². The molecule has 0 atom stereocenters. The summed E-state index contributed by atoms with van der Waals surface area (Å²) in [5, 5.41) is 9.95. The van der Waals surface area contributed by atoms with Crippen LogP contribution in [0.3, 0.4) is 0 Å². The van der Waals surface area contributed by atoms with Gasteiger partial charge in [-0.15, -0.1) is 0 Å². The van der Waals surface area contributed by atoms with Crippen LogP contribution in [0.2, 0.25) is 0 Å². The minimum absolute atomic E-state index is 0.113. The number of aryl methyl sites for hydroxylation is 1. The molecule has 0 radical (unpaired) electrons. The largest absolute Gasteiger partial charge is 0.454 e. The Kier molecular flexibility index (Phi) is 5.38. The van der Waals surface area contributed by atoms with E-state index in [-0.39, 0.29) is 12.3 Å². The molecule has 176 valence electrons. The highest BCUT2D eigenvalue weighted by atomic mass is 16.3. The van der Waals surface area contributed by atoms with Gasteiger partial charge in [-0.05, 0) is 36.4 Å². The third kappa shape index (κ3) is 4.05. The number of aromatic nitrogens is 4. The van der Waals surface area contributed by atoms with Crippen molar-refractivity contribution in [2.75, 3.05) is 0 Å². The molecule has 0 bridgehead atoms. The first-order valence-electron chi connectivity index (χ1n) is 11.5. The number of rotatable bonds is 6. The number of hydrazone groups is 1. The van der Waals surface area contributed by atoms with Crippen LogP contribution in [0.5, 0.6) is 0 Å². The van der Waals surface area contributed by atoms with Crippen molar-refractivity contribution in [3.63, 3.8) is 0 Å².